The molecule has 0 fully saturated rings. The summed E-state index contributed by atoms with van der Waals surface area (Å²) >= 11 is 0. The van der Waals surface area contributed by atoms with Gasteiger partial charge >= 0.3 is 11.9 Å². The molecule has 4 nitrogen and oxygen atoms in total. The highest BCUT2D eigenvalue weighted by atomic mass is 16.6. The zero-order valence-electron chi connectivity index (χ0n) is 14.6. The van der Waals surface area contributed by atoms with Crippen molar-refractivity contribution >= 4 is 11.9 Å². The Morgan fingerprint density at radius 1 is 1.12 bits per heavy atom. The molecule has 132 valence electrons. The molecular weight excluding hydrogens is 304 g/mol. The summed E-state index contributed by atoms with van der Waals surface area (Å²) in [4.78, 5) is 22.6. The van der Waals surface area contributed by atoms with Crippen LogP contribution in [0.1, 0.15) is 63.0 Å². The Morgan fingerprint density at radius 2 is 1.79 bits per heavy atom. The molecule has 0 bridgehead atoms. The molecule has 0 aromatic heterocycles. The Kier molecular flexibility index (Phi) is 9.51. The Labute approximate surface area is 144 Å². The maximum Gasteiger partial charge on any atom is 0.337 e. The molecule has 0 aliphatic heterocycles. The van der Waals surface area contributed by atoms with Gasteiger partial charge in [0, 0.05) is 6.08 Å². The van der Waals surface area contributed by atoms with Crippen molar-refractivity contribution in [3.63, 3.8) is 0 Å². The summed E-state index contributed by atoms with van der Waals surface area (Å²) in [6, 6.07) is 5.07. The first-order valence-corrected chi connectivity index (χ1v) is 8.74. The molecule has 0 amide bonds. The molecule has 0 aliphatic rings. The summed E-state index contributed by atoms with van der Waals surface area (Å²) in [5.74, 6) is -1.12. The molecule has 0 radical (unpaired) electrons. The Bertz CT molecular complexity index is 549. The molecular formula is C20H28O4. The first-order chi connectivity index (χ1) is 11.6. The monoisotopic (exact) mass is 332 g/mol. The quantitative estimate of drug-likeness (QED) is 0.281. The van der Waals surface area contributed by atoms with Crippen LogP contribution >= 0.6 is 0 Å². The fourth-order valence-corrected chi connectivity index (χ4v) is 2.58. The first-order valence-electron chi connectivity index (χ1n) is 8.74. The highest BCUT2D eigenvalue weighted by Gasteiger charge is 2.10. The predicted molar refractivity (Wildman–Crippen MR) is 94.8 cm³/mol. The number of phenolic OH excluding ortho intramolecular Hbond substituents is 1. The number of aryl methyl sites for hydroxylation is 1. The largest absolute Gasteiger partial charge is 0.508 e. The van der Waals surface area contributed by atoms with Crippen molar-refractivity contribution in [3.05, 3.63) is 42.0 Å². The molecule has 0 heterocycles. The Balaban J connectivity index is 2.43. The Hall–Kier alpha value is -2.10. The fourth-order valence-electron chi connectivity index (χ4n) is 2.58. The van der Waals surface area contributed by atoms with Crippen molar-refractivity contribution in [2.75, 3.05) is 0 Å². The number of rotatable bonds is 11. The number of benzene rings is 1. The number of carbonyl (C=O) groups is 2. The van der Waals surface area contributed by atoms with E-state index in [0.29, 0.717) is 0 Å². The average molecular weight is 332 g/mol. The van der Waals surface area contributed by atoms with Crippen LogP contribution in [0.5, 0.6) is 5.75 Å². The minimum atomic E-state index is -0.748. The number of phenols is 1. The van der Waals surface area contributed by atoms with Crippen LogP contribution in [0, 0.1) is 0 Å². The smallest absolute Gasteiger partial charge is 0.337 e. The number of hydrogen-bond donors (Lipinski definition) is 1. The summed E-state index contributed by atoms with van der Waals surface area (Å²) in [5, 5.41) is 9.94. The molecule has 0 atom stereocenters. The van der Waals surface area contributed by atoms with Gasteiger partial charge in [0.05, 0.1) is 6.42 Å². The topological polar surface area (TPSA) is 63.6 Å². The van der Waals surface area contributed by atoms with Gasteiger partial charge in [-0.3, -0.25) is 4.79 Å². The second-order valence-electron chi connectivity index (χ2n) is 6.01. The third-order valence-corrected chi connectivity index (χ3v) is 3.92. The minimum absolute atomic E-state index is 0.00385. The van der Waals surface area contributed by atoms with Gasteiger partial charge in [-0.25, -0.2) is 4.79 Å². The van der Waals surface area contributed by atoms with Gasteiger partial charge < -0.3 is 9.84 Å². The molecule has 0 saturated carbocycles. The SMILES string of the molecule is C=CC(=O)OC(=O)Cc1ccc(O)c(CCCCCCCCC)c1. The van der Waals surface area contributed by atoms with E-state index in [0.717, 1.165) is 36.5 Å². The third kappa shape index (κ3) is 7.95. The summed E-state index contributed by atoms with van der Waals surface area (Å²) in [6.07, 6.45) is 10.2. The van der Waals surface area contributed by atoms with Crippen LogP contribution in [0.4, 0.5) is 0 Å². The van der Waals surface area contributed by atoms with Gasteiger partial charge in [-0.2, -0.15) is 0 Å². The van der Waals surface area contributed by atoms with E-state index in [4.69, 9.17) is 0 Å². The molecule has 1 N–H and O–H groups in total. The average Bonchev–Trinajstić information content (AvgIpc) is 2.56. The van der Waals surface area contributed by atoms with Crippen molar-refractivity contribution in [2.45, 2.75) is 64.7 Å². The molecule has 1 rings (SSSR count). The maximum absolute atomic E-state index is 11.6. The van der Waals surface area contributed by atoms with Crippen molar-refractivity contribution in [3.8, 4) is 5.75 Å². The van der Waals surface area contributed by atoms with E-state index < -0.39 is 11.9 Å². The van der Waals surface area contributed by atoms with E-state index in [-0.39, 0.29) is 12.2 Å². The molecule has 0 saturated heterocycles. The van der Waals surface area contributed by atoms with Crippen molar-refractivity contribution in [1.29, 1.82) is 0 Å². The molecule has 1 aromatic carbocycles. The van der Waals surface area contributed by atoms with Gasteiger partial charge in [0.15, 0.2) is 0 Å². The van der Waals surface area contributed by atoms with Crippen LogP contribution in [-0.4, -0.2) is 17.0 Å². The number of esters is 2. The van der Waals surface area contributed by atoms with Crippen LogP contribution in [0.2, 0.25) is 0 Å². The predicted octanol–water partition coefficient (Wildman–Crippen LogP) is 4.48. The number of ether oxygens (including phenoxy) is 1. The number of aromatic hydroxyl groups is 1. The van der Waals surface area contributed by atoms with Gasteiger partial charge in [-0.05, 0) is 30.0 Å². The van der Waals surface area contributed by atoms with Gasteiger partial charge in [-0.15, -0.1) is 0 Å². The van der Waals surface area contributed by atoms with Crippen LogP contribution in [-0.2, 0) is 27.2 Å². The van der Waals surface area contributed by atoms with Gasteiger partial charge in [-0.1, -0.05) is 64.2 Å². The third-order valence-electron chi connectivity index (χ3n) is 3.92. The van der Waals surface area contributed by atoms with E-state index in [1.54, 1.807) is 12.1 Å². The highest BCUT2D eigenvalue weighted by Crippen LogP contribution is 2.22. The van der Waals surface area contributed by atoms with E-state index in [1.807, 2.05) is 6.07 Å². The van der Waals surface area contributed by atoms with Crippen molar-refractivity contribution in [1.82, 2.24) is 0 Å². The van der Waals surface area contributed by atoms with E-state index in [1.165, 1.54) is 32.1 Å². The standard InChI is InChI=1S/C20H28O4/c1-3-5-6-7-8-9-10-11-17-14-16(12-13-18(17)21)15-20(23)24-19(22)4-2/h4,12-14,21H,2-3,5-11,15H2,1H3. The van der Waals surface area contributed by atoms with E-state index >= 15 is 0 Å². The normalized spacial score (nSPS) is 10.4. The number of carbonyl (C=O) groups excluding carboxylic acids is 2. The first kappa shape index (κ1) is 19.9. The van der Waals surface area contributed by atoms with Gasteiger partial charge in [0.1, 0.15) is 5.75 Å². The van der Waals surface area contributed by atoms with Crippen molar-refractivity contribution in [2.24, 2.45) is 0 Å². The second kappa shape index (κ2) is 11.4. The maximum atomic E-state index is 11.6. The summed E-state index contributed by atoms with van der Waals surface area (Å²) in [7, 11) is 0. The molecule has 1 aromatic rings. The molecule has 4 heteroatoms. The van der Waals surface area contributed by atoms with Crippen LogP contribution in [0.3, 0.4) is 0 Å². The molecule has 0 spiro atoms. The number of hydrogen-bond acceptors (Lipinski definition) is 4. The van der Waals surface area contributed by atoms with Crippen LogP contribution in [0.15, 0.2) is 30.9 Å². The lowest BCUT2D eigenvalue weighted by Gasteiger charge is -2.08. The zero-order chi connectivity index (χ0) is 17.8. The highest BCUT2D eigenvalue weighted by molar-refractivity contribution is 5.92. The van der Waals surface area contributed by atoms with Crippen LogP contribution < -0.4 is 0 Å². The Morgan fingerprint density at radius 3 is 2.46 bits per heavy atom. The number of unbranched alkanes of at least 4 members (excludes halogenated alkanes) is 6. The molecule has 24 heavy (non-hydrogen) atoms. The van der Waals surface area contributed by atoms with E-state index in [9.17, 15) is 14.7 Å². The van der Waals surface area contributed by atoms with Gasteiger partial charge in [0.25, 0.3) is 0 Å². The van der Waals surface area contributed by atoms with Crippen LogP contribution in [0.25, 0.3) is 0 Å². The molecule has 0 aliphatic carbocycles. The minimum Gasteiger partial charge on any atom is -0.508 e. The lowest BCUT2D eigenvalue weighted by molar-refractivity contribution is -0.155. The van der Waals surface area contributed by atoms with E-state index in [2.05, 4.69) is 18.2 Å². The summed E-state index contributed by atoms with van der Waals surface area (Å²) in [5.41, 5.74) is 1.57. The van der Waals surface area contributed by atoms with Gasteiger partial charge in [0.2, 0.25) is 0 Å². The summed E-state index contributed by atoms with van der Waals surface area (Å²) < 4.78 is 4.56. The molecule has 0 unspecified atom stereocenters. The summed E-state index contributed by atoms with van der Waals surface area (Å²) in [6.45, 7) is 5.46. The van der Waals surface area contributed by atoms with Crippen molar-refractivity contribution < 1.29 is 19.4 Å². The lowest BCUT2D eigenvalue weighted by atomic mass is 10.0. The lowest BCUT2D eigenvalue weighted by Crippen LogP contribution is -2.12. The fraction of sp³-hybridized carbons (Fsp3) is 0.500. The second-order valence-corrected chi connectivity index (χ2v) is 6.01. The zero-order valence-corrected chi connectivity index (χ0v) is 14.6.